The van der Waals surface area contributed by atoms with Crippen LogP contribution in [-0.4, -0.2) is 11.0 Å². The van der Waals surface area contributed by atoms with Crippen molar-refractivity contribution < 1.29 is 0 Å². The molecule has 1 aromatic carbocycles. The van der Waals surface area contributed by atoms with E-state index in [2.05, 4.69) is 47.6 Å². The van der Waals surface area contributed by atoms with Crippen LogP contribution in [0.25, 0.3) is 0 Å². The van der Waals surface area contributed by atoms with E-state index in [0.29, 0.717) is 6.04 Å². The monoisotopic (exact) mass is 286 g/mol. The molecule has 3 heteroatoms. The molecule has 1 aliphatic rings. The quantitative estimate of drug-likeness (QED) is 0.908. The van der Waals surface area contributed by atoms with E-state index in [1.165, 1.54) is 36.1 Å². The number of aryl methyl sites for hydroxylation is 1. The molecule has 1 heterocycles. The van der Waals surface area contributed by atoms with E-state index >= 15 is 0 Å². The molecule has 106 valence electrons. The van der Waals surface area contributed by atoms with Crippen LogP contribution in [0.3, 0.4) is 0 Å². The van der Waals surface area contributed by atoms with Crippen LogP contribution in [0.5, 0.6) is 0 Å². The van der Waals surface area contributed by atoms with Crippen molar-refractivity contribution >= 4 is 11.3 Å². The summed E-state index contributed by atoms with van der Waals surface area (Å²) in [6.45, 7) is 3.05. The zero-order chi connectivity index (χ0) is 13.8. The maximum atomic E-state index is 4.31. The molecule has 0 saturated heterocycles. The predicted octanol–water partition coefficient (Wildman–Crippen LogP) is 4.27. The summed E-state index contributed by atoms with van der Waals surface area (Å²) in [7, 11) is 0. The van der Waals surface area contributed by atoms with Crippen LogP contribution < -0.4 is 5.32 Å². The van der Waals surface area contributed by atoms with E-state index in [1.54, 1.807) is 11.3 Å². The number of benzene rings is 1. The second-order valence-corrected chi connectivity index (χ2v) is 7.01. The molecule has 1 N–H and O–H groups in total. The number of hydrogen-bond donors (Lipinski definition) is 1. The Labute approximate surface area is 125 Å². The Morgan fingerprint density at radius 1 is 1.15 bits per heavy atom. The molecule has 0 aliphatic heterocycles. The van der Waals surface area contributed by atoms with Gasteiger partial charge in [0.05, 0.1) is 5.01 Å². The van der Waals surface area contributed by atoms with Gasteiger partial charge in [0.1, 0.15) is 0 Å². The fraction of sp³-hybridized carbons (Fsp3) is 0.471. The first-order valence-electron chi connectivity index (χ1n) is 7.51. The molecule has 2 nitrogen and oxygen atoms in total. The molecule has 2 aromatic rings. The van der Waals surface area contributed by atoms with Gasteiger partial charge in [-0.05, 0) is 44.1 Å². The van der Waals surface area contributed by atoms with Crippen LogP contribution in [0, 0.1) is 6.92 Å². The first-order chi connectivity index (χ1) is 9.81. The molecule has 0 bridgehead atoms. The Bertz CT molecular complexity index is 527. The Kier molecular flexibility index (Phi) is 4.48. The molecule has 1 saturated carbocycles. The van der Waals surface area contributed by atoms with Gasteiger partial charge in [0.15, 0.2) is 0 Å². The summed E-state index contributed by atoms with van der Waals surface area (Å²) in [5.41, 5.74) is 1.52. The summed E-state index contributed by atoms with van der Waals surface area (Å²) in [5, 5.41) is 4.86. The molecule has 3 rings (SSSR count). The van der Waals surface area contributed by atoms with Crippen molar-refractivity contribution in [1.29, 1.82) is 0 Å². The molecule has 0 atom stereocenters. The van der Waals surface area contributed by atoms with Gasteiger partial charge in [-0.25, -0.2) is 4.98 Å². The molecular weight excluding hydrogens is 264 g/mol. The van der Waals surface area contributed by atoms with Crippen LogP contribution in [0.2, 0.25) is 0 Å². The zero-order valence-electron chi connectivity index (χ0n) is 12.0. The number of nitrogens with zero attached hydrogens (tertiary/aromatic N) is 1. The highest BCUT2D eigenvalue weighted by molar-refractivity contribution is 7.11. The topological polar surface area (TPSA) is 24.9 Å². The van der Waals surface area contributed by atoms with Crippen LogP contribution in [0.4, 0.5) is 0 Å². The van der Waals surface area contributed by atoms with Crippen molar-refractivity contribution in [2.45, 2.75) is 51.1 Å². The number of rotatable bonds is 4. The number of nitrogens with one attached hydrogen (secondary N) is 1. The molecule has 0 radical (unpaired) electrons. The van der Waals surface area contributed by atoms with Crippen LogP contribution in [0.15, 0.2) is 36.5 Å². The molecule has 0 unspecified atom stereocenters. The van der Waals surface area contributed by atoms with E-state index in [4.69, 9.17) is 0 Å². The van der Waals surface area contributed by atoms with Crippen molar-refractivity contribution in [1.82, 2.24) is 10.3 Å². The Morgan fingerprint density at radius 2 is 1.90 bits per heavy atom. The first-order valence-corrected chi connectivity index (χ1v) is 8.32. The summed E-state index contributed by atoms with van der Waals surface area (Å²) >= 11 is 1.80. The molecule has 0 spiro atoms. The molecule has 1 fully saturated rings. The zero-order valence-corrected chi connectivity index (χ0v) is 12.8. The minimum absolute atomic E-state index is 0.678. The molecule has 0 amide bonds. The fourth-order valence-electron chi connectivity index (χ4n) is 3.09. The van der Waals surface area contributed by atoms with Crippen molar-refractivity contribution in [3.63, 3.8) is 0 Å². The third-order valence-electron chi connectivity index (χ3n) is 4.23. The van der Waals surface area contributed by atoms with E-state index in [9.17, 15) is 0 Å². The standard InChI is InChI=1S/C17H22N2S/c1-13-18-11-17(20-13)12-19-16-9-7-15(8-10-16)14-5-3-2-4-6-14/h2-6,11,15-16,19H,7-10,12H2,1H3. The van der Waals surface area contributed by atoms with E-state index in [1.807, 2.05) is 6.20 Å². The smallest absolute Gasteiger partial charge is 0.0897 e. The molecular formula is C17H22N2S. The number of aromatic nitrogens is 1. The Hall–Kier alpha value is -1.19. The van der Waals surface area contributed by atoms with Gasteiger partial charge in [0.2, 0.25) is 0 Å². The average Bonchev–Trinajstić information content (AvgIpc) is 2.92. The van der Waals surface area contributed by atoms with Crippen molar-refractivity contribution in [2.75, 3.05) is 0 Å². The van der Waals surface area contributed by atoms with Gasteiger partial charge in [-0.2, -0.15) is 0 Å². The van der Waals surface area contributed by atoms with Gasteiger partial charge >= 0.3 is 0 Å². The summed E-state index contributed by atoms with van der Waals surface area (Å²) in [6, 6.07) is 11.7. The second-order valence-electron chi connectivity index (χ2n) is 5.69. The Balaban J connectivity index is 1.47. The molecule has 20 heavy (non-hydrogen) atoms. The lowest BCUT2D eigenvalue weighted by atomic mass is 9.82. The Morgan fingerprint density at radius 3 is 2.55 bits per heavy atom. The largest absolute Gasteiger partial charge is 0.309 e. The third kappa shape index (κ3) is 3.47. The van der Waals surface area contributed by atoms with Crippen molar-refractivity contribution in [2.24, 2.45) is 0 Å². The molecule has 1 aliphatic carbocycles. The fourth-order valence-corrected chi connectivity index (χ4v) is 3.83. The van der Waals surface area contributed by atoms with E-state index < -0.39 is 0 Å². The van der Waals surface area contributed by atoms with Gasteiger partial charge in [0.25, 0.3) is 0 Å². The predicted molar refractivity (Wildman–Crippen MR) is 85.1 cm³/mol. The summed E-state index contributed by atoms with van der Waals surface area (Å²) in [5.74, 6) is 0.764. The highest BCUT2D eigenvalue weighted by atomic mass is 32.1. The summed E-state index contributed by atoms with van der Waals surface area (Å²) in [4.78, 5) is 5.66. The van der Waals surface area contributed by atoms with E-state index in [-0.39, 0.29) is 0 Å². The van der Waals surface area contributed by atoms with Crippen LogP contribution in [-0.2, 0) is 6.54 Å². The minimum atomic E-state index is 0.678. The summed E-state index contributed by atoms with van der Waals surface area (Å²) in [6.07, 6.45) is 7.20. The van der Waals surface area contributed by atoms with E-state index in [0.717, 1.165) is 17.5 Å². The number of thiazole rings is 1. The lowest BCUT2D eigenvalue weighted by Crippen LogP contribution is -2.32. The second kappa shape index (κ2) is 6.51. The van der Waals surface area contributed by atoms with Gasteiger partial charge in [-0.3, -0.25) is 0 Å². The lowest BCUT2D eigenvalue weighted by molar-refractivity contribution is 0.342. The van der Waals surface area contributed by atoms with Crippen LogP contribution >= 0.6 is 11.3 Å². The summed E-state index contributed by atoms with van der Waals surface area (Å²) < 4.78 is 0. The van der Waals surface area contributed by atoms with Gasteiger partial charge < -0.3 is 5.32 Å². The maximum absolute atomic E-state index is 4.31. The van der Waals surface area contributed by atoms with Gasteiger partial charge in [-0.1, -0.05) is 30.3 Å². The lowest BCUT2D eigenvalue weighted by Gasteiger charge is -2.29. The SMILES string of the molecule is Cc1ncc(CNC2CCC(c3ccccc3)CC2)s1. The highest BCUT2D eigenvalue weighted by Gasteiger charge is 2.21. The minimum Gasteiger partial charge on any atom is -0.309 e. The van der Waals surface area contributed by atoms with Crippen molar-refractivity contribution in [3.05, 3.63) is 52.0 Å². The van der Waals surface area contributed by atoms with Crippen molar-refractivity contribution in [3.8, 4) is 0 Å². The highest BCUT2D eigenvalue weighted by Crippen LogP contribution is 2.32. The van der Waals surface area contributed by atoms with Crippen LogP contribution in [0.1, 0.15) is 47.0 Å². The van der Waals surface area contributed by atoms with Gasteiger partial charge in [0, 0.05) is 23.7 Å². The first kappa shape index (κ1) is 13.8. The van der Waals surface area contributed by atoms with Gasteiger partial charge in [-0.15, -0.1) is 11.3 Å². The normalized spacial score (nSPS) is 22.9. The average molecular weight is 286 g/mol. The third-order valence-corrected chi connectivity index (χ3v) is 5.15. The molecule has 1 aromatic heterocycles. The maximum Gasteiger partial charge on any atom is 0.0897 e. The number of hydrogen-bond acceptors (Lipinski definition) is 3.